The lowest BCUT2D eigenvalue weighted by Crippen LogP contribution is -2.13. The first-order chi connectivity index (χ1) is 12.0. The first kappa shape index (κ1) is 16.9. The van der Waals surface area contributed by atoms with E-state index in [1.54, 1.807) is 6.20 Å². The summed E-state index contributed by atoms with van der Waals surface area (Å²) in [6.07, 6.45) is 1.77. The highest BCUT2D eigenvalue weighted by Crippen LogP contribution is 2.25. The molecule has 0 aliphatic heterocycles. The molecule has 2 heterocycles. The van der Waals surface area contributed by atoms with Gasteiger partial charge in [-0.3, -0.25) is 4.98 Å². The molecular formula is C20H23N5. The third kappa shape index (κ3) is 4.32. The van der Waals surface area contributed by atoms with Crippen molar-refractivity contribution in [2.45, 2.75) is 33.7 Å². The van der Waals surface area contributed by atoms with Crippen molar-refractivity contribution < 1.29 is 0 Å². The van der Waals surface area contributed by atoms with Gasteiger partial charge in [0.25, 0.3) is 0 Å². The molecule has 3 aromatic rings. The number of hydrogen-bond donors (Lipinski definition) is 2. The molecule has 128 valence electrons. The summed E-state index contributed by atoms with van der Waals surface area (Å²) in [5.74, 6) is 1.33. The number of anilines is 3. The average molecular weight is 333 g/mol. The number of rotatable bonds is 5. The van der Waals surface area contributed by atoms with Crippen LogP contribution in [0.15, 0.2) is 48.7 Å². The molecule has 0 spiro atoms. The van der Waals surface area contributed by atoms with E-state index in [1.165, 1.54) is 11.1 Å². The molecule has 2 N–H and O–H groups in total. The maximum atomic E-state index is 4.60. The van der Waals surface area contributed by atoms with E-state index in [0.717, 1.165) is 22.9 Å². The molecule has 0 radical (unpaired) electrons. The van der Waals surface area contributed by atoms with E-state index in [0.29, 0.717) is 5.95 Å². The Labute approximate surface area is 148 Å². The number of nitrogens with zero attached hydrogens (tertiary/aromatic N) is 3. The molecule has 0 saturated carbocycles. The molecule has 3 rings (SSSR count). The number of aromatic nitrogens is 3. The molecule has 5 heteroatoms. The monoisotopic (exact) mass is 333 g/mol. The Morgan fingerprint density at radius 2 is 1.76 bits per heavy atom. The highest BCUT2D eigenvalue weighted by Gasteiger charge is 2.10. The molecule has 0 atom stereocenters. The van der Waals surface area contributed by atoms with Crippen molar-refractivity contribution in [3.05, 3.63) is 59.8 Å². The van der Waals surface area contributed by atoms with E-state index in [2.05, 4.69) is 71.5 Å². The van der Waals surface area contributed by atoms with Crippen molar-refractivity contribution in [3.63, 3.8) is 0 Å². The summed E-state index contributed by atoms with van der Waals surface area (Å²) in [5.41, 5.74) is 5.02. The van der Waals surface area contributed by atoms with Gasteiger partial charge in [-0.2, -0.15) is 4.98 Å². The molecule has 0 bridgehead atoms. The molecule has 0 saturated heterocycles. The number of nitrogens with one attached hydrogen (secondary N) is 2. The maximum absolute atomic E-state index is 4.60. The molecule has 2 aromatic heterocycles. The Morgan fingerprint density at radius 1 is 0.920 bits per heavy atom. The van der Waals surface area contributed by atoms with Gasteiger partial charge in [-0.1, -0.05) is 18.2 Å². The summed E-state index contributed by atoms with van der Waals surface area (Å²) in [5, 5.41) is 6.70. The molecule has 1 aromatic carbocycles. The van der Waals surface area contributed by atoms with Crippen molar-refractivity contribution in [2.24, 2.45) is 0 Å². The smallest absolute Gasteiger partial charge is 0.225 e. The highest BCUT2D eigenvalue weighted by atomic mass is 15.2. The van der Waals surface area contributed by atoms with Crippen LogP contribution in [0.3, 0.4) is 0 Å². The van der Waals surface area contributed by atoms with Crippen molar-refractivity contribution in [1.29, 1.82) is 0 Å². The molecule has 25 heavy (non-hydrogen) atoms. The van der Waals surface area contributed by atoms with Crippen LogP contribution in [-0.2, 0) is 0 Å². The molecule has 0 unspecified atom stereocenters. The Morgan fingerprint density at radius 3 is 2.48 bits per heavy atom. The molecular weight excluding hydrogens is 310 g/mol. The Balaban J connectivity index is 2.01. The summed E-state index contributed by atoms with van der Waals surface area (Å²) in [4.78, 5) is 13.6. The van der Waals surface area contributed by atoms with Gasteiger partial charge in [0.1, 0.15) is 5.82 Å². The predicted molar refractivity (Wildman–Crippen MR) is 103 cm³/mol. The lowest BCUT2D eigenvalue weighted by molar-refractivity contribution is 0.875. The molecule has 0 aliphatic carbocycles. The largest absolute Gasteiger partial charge is 0.352 e. The van der Waals surface area contributed by atoms with Gasteiger partial charge >= 0.3 is 0 Å². The summed E-state index contributed by atoms with van der Waals surface area (Å²) >= 11 is 0. The van der Waals surface area contributed by atoms with Gasteiger partial charge in [-0.05, 0) is 57.0 Å². The van der Waals surface area contributed by atoms with E-state index in [1.807, 2.05) is 24.3 Å². The summed E-state index contributed by atoms with van der Waals surface area (Å²) in [6.45, 7) is 8.29. The van der Waals surface area contributed by atoms with E-state index in [-0.39, 0.29) is 6.04 Å². The van der Waals surface area contributed by atoms with Crippen LogP contribution in [0.25, 0.3) is 11.4 Å². The zero-order chi connectivity index (χ0) is 17.8. The second-order valence-electron chi connectivity index (χ2n) is 6.42. The standard InChI is InChI=1S/C20H23N5/c1-13(2)22-20-24-18(16-7-5-6-10-21-16)12-19(25-20)23-17-11-14(3)8-9-15(17)4/h5-13H,1-4H3,(H2,22,23,24,25). The van der Waals surface area contributed by atoms with Crippen LogP contribution >= 0.6 is 0 Å². The first-order valence-electron chi connectivity index (χ1n) is 8.42. The highest BCUT2D eigenvalue weighted by molar-refractivity contribution is 5.67. The third-order valence-electron chi connectivity index (χ3n) is 3.73. The fourth-order valence-electron chi connectivity index (χ4n) is 2.49. The maximum Gasteiger partial charge on any atom is 0.225 e. The van der Waals surface area contributed by atoms with Crippen LogP contribution in [-0.4, -0.2) is 21.0 Å². The second kappa shape index (κ2) is 7.30. The quantitative estimate of drug-likeness (QED) is 0.707. The Bertz CT molecular complexity index is 859. The van der Waals surface area contributed by atoms with Gasteiger partial charge in [-0.15, -0.1) is 0 Å². The third-order valence-corrected chi connectivity index (χ3v) is 3.73. The van der Waals surface area contributed by atoms with Gasteiger partial charge in [0.05, 0.1) is 11.4 Å². The van der Waals surface area contributed by atoms with Crippen LogP contribution in [0.5, 0.6) is 0 Å². The summed E-state index contributed by atoms with van der Waals surface area (Å²) in [6, 6.07) is 14.3. The lowest BCUT2D eigenvalue weighted by atomic mass is 10.1. The van der Waals surface area contributed by atoms with Gasteiger partial charge < -0.3 is 10.6 Å². The Hall–Kier alpha value is -2.95. The zero-order valence-corrected chi connectivity index (χ0v) is 15.0. The van der Waals surface area contributed by atoms with Gasteiger partial charge in [0.15, 0.2) is 0 Å². The number of aryl methyl sites for hydroxylation is 2. The van der Waals surface area contributed by atoms with Gasteiger partial charge in [0.2, 0.25) is 5.95 Å². The molecule has 0 amide bonds. The average Bonchev–Trinajstić information content (AvgIpc) is 2.58. The Kier molecular flexibility index (Phi) is 4.93. The van der Waals surface area contributed by atoms with E-state index in [9.17, 15) is 0 Å². The van der Waals surface area contributed by atoms with E-state index < -0.39 is 0 Å². The summed E-state index contributed by atoms with van der Waals surface area (Å²) in [7, 11) is 0. The minimum atomic E-state index is 0.243. The minimum Gasteiger partial charge on any atom is -0.352 e. The first-order valence-corrected chi connectivity index (χ1v) is 8.42. The van der Waals surface area contributed by atoms with Crippen LogP contribution in [0.2, 0.25) is 0 Å². The number of hydrogen-bond acceptors (Lipinski definition) is 5. The van der Waals surface area contributed by atoms with Crippen molar-refractivity contribution >= 4 is 17.5 Å². The van der Waals surface area contributed by atoms with Crippen molar-refractivity contribution in [3.8, 4) is 11.4 Å². The van der Waals surface area contributed by atoms with Crippen LogP contribution in [0, 0.1) is 13.8 Å². The number of pyridine rings is 1. The van der Waals surface area contributed by atoms with Crippen molar-refractivity contribution in [1.82, 2.24) is 15.0 Å². The topological polar surface area (TPSA) is 62.7 Å². The molecule has 5 nitrogen and oxygen atoms in total. The fraction of sp³-hybridized carbons (Fsp3) is 0.250. The van der Waals surface area contributed by atoms with E-state index in [4.69, 9.17) is 0 Å². The van der Waals surface area contributed by atoms with Crippen LogP contribution in [0.4, 0.5) is 17.5 Å². The summed E-state index contributed by atoms with van der Waals surface area (Å²) < 4.78 is 0. The SMILES string of the molecule is Cc1ccc(C)c(Nc2cc(-c3ccccn3)nc(NC(C)C)n2)c1. The molecule has 0 fully saturated rings. The fourth-order valence-corrected chi connectivity index (χ4v) is 2.49. The van der Waals surface area contributed by atoms with Gasteiger partial charge in [-0.25, -0.2) is 4.98 Å². The normalized spacial score (nSPS) is 10.8. The van der Waals surface area contributed by atoms with E-state index >= 15 is 0 Å². The van der Waals surface area contributed by atoms with Crippen LogP contribution in [0.1, 0.15) is 25.0 Å². The predicted octanol–water partition coefficient (Wildman–Crippen LogP) is 4.72. The minimum absolute atomic E-state index is 0.243. The van der Waals surface area contributed by atoms with Gasteiger partial charge in [0, 0.05) is 24.0 Å². The van der Waals surface area contributed by atoms with Crippen LogP contribution < -0.4 is 10.6 Å². The second-order valence-corrected chi connectivity index (χ2v) is 6.42. The van der Waals surface area contributed by atoms with Crippen molar-refractivity contribution in [2.75, 3.05) is 10.6 Å². The lowest BCUT2D eigenvalue weighted by Gasteiger charge is -2.14. The number of benzene rings is 1. The molecule has 0 aliphatic rings. The zero-order valence-electron chi connectivity index (χ0n) is 15.0.